The van der Waals surface area contributed by atoms with Crippen molar-refractivity contribution in [2.75, 3.05) is 0 Å². The second kappa shape index (κ2) is 4.45. The van der Waals surface area contributed by atoms with Gasteiger partial charge >= 0.3 is 5.97 Å². The molecule has 0 aromatic rings. The molecule has 0 aliphatic heterocycles. The van der Waals surface area contributed by atoms with E-state index in [4.69, 9.17) is 5.11 Å². The Kier molecular flexibility index (Phi) is 4.24. The molecule has 0 radical (unpaired) electrons. The summed E-state index contributed by atoms with van der Waals surface area (Å²) in [6.45, 7) is 7.77. The van der Waals surface area contributed by atoms with Crippen LogP contribution in [-0.4, -0.2) is 22.3 Å². The summed E-state index contributed by atoms with van der Waals surface area (Å²) in [5.41, 5.74) is 0. The fourth-order valence-electron chi connectivity index (χ4n) is 1.12. The van der Waals surface area contributed by atoms with Crippen LogP contribution in [0.3, 0.4) is 0 Å². The van der Waals surface area contributed by atoms with Crippen LogP contribution in [0.5, 0.6) is 0 Å². The van der Waals surface area contributed by atoms with Crippen molar-refractivity contribution in [3.63, 3.8) is 0 Å². The van der Waals surface area contributed by atoms with Crippen LogP contribution < -0.4 is 0 Å². The lowest BCUT2D eigenvalue weighted by Gasteiger charge is -2.25. The Morgan fingerprint density at radius 3 is 1.75 bits per heavy atom. The zero-order chi connectivity index (χ0) is 9.89. The van der Waals surface area contributed by atoms with Crippen LogP contribution in [0, 0.1) is 17.8 Å². The highest BCUT2D eigenvalue weighted by Crippen LogP contribution is 2.22. The van der Waals surface area contributed by atoms with Gasteiger partial charge in [-0.1, -0.05) is 27.7 Å². The minimum Gasteiger partial charge on any atom is -0.479 e. The Bertz CT molecular complexity index is 154. The van der Waals surface area contributed by atoms with Crippen LogP contribution in [0.2, 0.25) is 0 Å². The number of aliphatic hydroxyl groups excluding tert-OH is 1. The average Bonchev–Trinajstić information content (AvgIpc) is 2.00. The first-order valence-corrected chi connectivity index (χ1v) is 4.28. The average molecular weight is 174 g/mol. The van der Waals surface area contributed by atoms with E-state index < -0.39 is 12.1 Å². The van der Waals surface area contributed by atoms with Crippen molar-refractivity contribution in [3.05, 3.63) is 0 Å². The minimum atomic E-state index is -1.23. The van der Waals surface area contributed by atoms with Crippen LogP contribution in [0.15, 0.2) is 0 Å². The molecule has 3 unspecified atom stereocenters. The molecule has 0 fully saturated rings. The number of aliphatic hydroxyl groups is 1. The molecule has 0 amide bonds. The molecule has 72 valence electrons. The summed E-state index contributed by atoms with van der Waals surface area (Å²) in [7, 11) is 0. The first-order valence-electron chi connectivity index (χ1n) is 4.28. The van der Waals surface area contributed by atoms with Gasteiger partial charge < -0.3 is 10.2 Å². The van der Waals surface area contributed by atoms with Gasteiger partial charge in [0.05, 0.1) is 0 Å². The number of carbonyl (C=O) groups is 1. The Morgan fingerprint density at radius 2 is 1.50 bits per heavy atom. The second-order valence-corrected chi connectivity index (χ2v) is 3.75. The SMILES string of the molecule is CC(C)C(C)C(C)C(O)C(=O)O. The number of rotatable bonds is 4. The molecule has 0 saturated carbocycles. The van der Waals surface area contributed by atoms with Gasteiger partial charge in [0, 0.05) is 0 Å². The van der Waals surface area contributed by atoms with Gasteiger partial charge in [-0.15, -0.1) is 0 Å². The van der Waals surface area contributed by atoms with E-state index in [1.165, 1.54) is 0 Å². The van der Waals surface area contributed by atoms with Gasteiger partial charge in [-0.25, -0.2) is 4.79 Å². The molecule has 12 heavy (non-hydrogen) atoms. The smallest absolute Gasteiger partial charge is 0.332 e. The van der Waals surface area contributed by atoms with Crippen LogP contribution in [0.1, 0.15) is 27.7 Å². The summed E-state index contributed by atoms with van der Waals surface area (Å²) in [4.78, 5) is 10.4. The lowest BCUT2D eigenvalue weighted by Crippen LogP contribution is -2.33. The molecule has 0 aliphatic rings. The molecule has 0 spiro atoms. The molecule has 0 aromatic heterocycles. The third-order valence-electron chi connectivity index (χ3n) is 2.63. The van der Waals surface area contributed by atoms with E-state index in [1.807, 2.05) is 20.8 Å². The second-order valence-electron chi connectivity index (χ2n) is 3.75. The molecule has 0 heterocycles. The van der Waals surface area contributed by atoms with Crippen molar-refractivity contribution < 1.29 is 15.0 Å². The quantitative estimate of drug-likeness (QED) is 0.676. The molecule has 0 bridgehead atoms. The van der Waals surface area contributed by atoms with E-state index >= 15 is 0 Å². The van der Waals surface area contributed by atoms with E-state index in [2.05, 4.69) is 0 Å². The van der Waals surface area contributed by atoms with E-state index in [0.717, 1.165) is 0 Å². The molecule has 0 aromatic carbocycles. The van der Waals surface area contributed by atoms with Gasteiger partial charge in [0.15, 0.2) is 6.10 Å². The minimum absolute atomic E-state index is 0.192. The van der Waals surface area contributed by atoms with Crippen LogP contribution in [0.4, 0.5) is 0 Å². The third-order valence-corrected chi connectivity index (χ3v) is 2.63. The molecule has 3 atom stereocenters. The lowest BCUT2D eigenvalue weighted by molar-refractivity contribution is -0.150. The van der Waals surface area contributed by atoms with E-state index in [9.17, 15) is 9.90 Å². The number of aliphatic carboxylic acids is 1. The Balaban J connectivity index is 4.18. The zero-order valence-electron chi connectivity index (χ0n) is 8.11. The van der Waals surface area contributed by atoms with Crippen molar-refractivity contribution in [1.82, 2.24) is 0 Å². The van der Waals surface area contributed by atoms with Crippen LogP contribution in [-0.2, 0) is 4.79 Å². The predicted molar refractivity (Wildman–Crippen MR) is 46.8 cm³/mol. The van der Waals surface area contributed by atoms with Crippen molar-refractivity contribution in [2.45, 2.75) is 33.8 Å². The van der Waals surface area contributed by atoms with Crippen molar-refractivity contribution in [2.24, 2.45) is 17.8 Å². The highest BCUT2D eigenvalue weighted by molar-refractivity contribution is 5.72. The molecular weight excluding hydrogens is 156 g/mol. The molecule has 3 heteroatoms. The van der Waals surface area contributed by atoms with Crippen LogP contribution >= 0.6 is 0 Å². The van der Waals surface area contributed by atoms with Crippen molar-refractivity contribution in [3.8, 4) is 0 Å². The van der Waals surface area contributed by atoms with Gasteiger partial charge in [0.1, 0.15) is 0 Å². The maximum absolute atomic E-state index is 10.4. The highest BCUT2D eigenvalue weighted by atomic mass is 16.4. The summed E-state index contributed by atoms with van der Waals surface area (Å²) < 4.78 is 0. The first-order chi connectivity index (χ1) is 5.37. The van der Waals surface area contributed by atoms with Gasteiger partial charge in [-0.05, 0) is 17.8 Å². The summed E-state index contributed by atoms with van der Waals surface area (Å²) >= 11 is 0. The number of hydrogen-bond acceptors (Lipinski definition) is 2. The maximum Gasteiger partial charge on any atom is 0.332 e. The number of carboxylic acids is 1. The third kappa shape index (κ3) is 2.81. The van der Waals surface area contributed by atoms with Gasteiger partial charge in [0.25, 0.3) is 0 Å². The van der Waals surface area contributed by atoms with E-state index in [-0.39, 0.29) is 11.8 Å². The Labute approximate surface area is 73.4 Å². The summed E-state index contributed by atoms with van der Waals surface area (Å²) in [5.74, 6) is -0.706. The monoisotopic (exact) mass is 174 g/mol. The van der Waals surface area contributed by atoms with E-state index in [0.29, 0.717) is 5.92 Å². The van der Waals surface area contributed by atoms with E-state index in [1.54, 1.807) is 6.92 Å². The Morgan fingerprint density at radius 1 is 1.08 bits per heavy atom. The standard InChI is InChI=1S/C9H18O3/c1-5(2)6(3)7(4)8(10)9(11)12/h5-8,10H,1-4H3,(H,11,12). The van der Waals surface area contributed by atoms with Gasteiger partial charge in [-0.2, -0.15) is 0 Å². The van der Waals surface area contributed by atoms with Gasteiger partial charge in [0.2, 0.25) is 0 Å². The largest absolute Gasteiger partial charge is 0.479 e. The fraction of sp³-hybridized carbons (Fsp3) is 0.889. The molecule has 0 rings (SSSR count). The van der Waals surface area contributed by atoms with Crippen molar-refractivity contribution in [1.29, 1.82) is 0 Å². The first kappa shape index (κ1) is 11.4. The van der Waals surface area contributed by atoms with Gasteiger partial charge in [-0.3, -0.25) is 0 Å². The molecule has 2 N–H and O–H groups in total. The summed E-state index contributed by atoms with van der Waals surface area (Å²) in [5, 5.41) is 17.7. The lowest BCUT2D eigenvalue weighted by atomic mass is 9.83. The summed E-state index contributed by atoms with van der Waals surface area (Å²) in [6, 6.07) is 0. The fourth-order valence-corrected chi connectivity index (χ4v) is 1.12. The number of carboxylic acid groups (broad SMARTS) is 1. The normalized spacial score (nSPS) is 18.8. The number of hydrogen-bond donors (Lipinski definition) is 2. The molecular formula is C9H18O3. The Hall–Kier alpha value is -0.570. The highest BCUT2D eigenvalue weighted by Gasteiger charge is 2.27. The topological polar surface area (TPSA) is 57.5 Å². The van der Waals surface area contributed by atoms with Crippen molar-refractivity contribution >= 4 is 5.97 Å². The zero-order valence-corrected chi connectivity index (χ0v) is 8.11. The molecule has 3 nitrogen and oxygen atoms in total. The summed E-state index contributed by atoms with van der Waals surface area (Å²) in [6.07, 6.45) is -1.23. The van der Waals surface area contributed by atoms with Crippen LogP contribution in [0.25, 0.3) is 0 Å². The molecule has 0 saturated heterocycles. The molecule has 0 aliphatic carbocycles. The predicted octanol–water partition coefficient (Wildman–Crippen LogP) is 1.36. The maximum atomic E-state index is 10.4.